The first kappa shape index (κ1) is 16.3. The third-order valence-electron chi connectivity index (χ3n) is 3.78. The quantitative estimate of drug-likeness (QED) is 0.585. The lowest BCUT2D eigenvalue weighted by atomic mass is 10.2. The second-order valence-corrected chi connectivity index (χ2v) is 6.81. The normalized spacial score (nSPS) is 12.2. The second-order valence-electron chi connectivity index (χ2n) is 5.50. The van der Waals surface area contributed by atoms with Crippen molar-refractivity contribution in [2.45, 2.75) is 24.3 Å². The van der Waals surface area contributed by atoms with Crippen LogP contribution in [-0.2, 0) is 4.79 Å². The molecule has 0 fully saturated rings. The standard InChI is InChI=1S/C18H17N3O2S/c1-11-7-3-6-10-15(11)21-17(23)13-8-4-5-9-14(13)20-18(21)24-12(2)16(19)22/h3-10,12H,1-2H3,(H2,19,22)/t12-/m0/s1. The van der Waals surface area contributed by atoms with Crippen LogP contribution in [0.4, 0.5) is 0 Å². The lowest BCUT2D eigenvalue weighted by Crippen LogP contribution is -2.26. The average molecular weight is 339 g/mol. The third-order valence-corrected chi connectivity index (χ3v) is 4.85. The largest absolute Gasteiger partial charge is 0.369 e. The Hall–Kier alpha value is -2.60. The molecule has 122 valence electrons. The van der Waals surface area contributed by atoms with E-state index in [1.54, 1.807) is 23.6 Å². The number of amides is 1. The molecule has 5 nitrogen and oxygen atoms in total. The Bertz CT molecular complexity index is 981. The fraction of sp³-hybridized carbons (Fsp3) is 0.167. The summed E-state index contributed by atoms with van der Waals surface area (Å²) in [7, 11) is 0. The van der Waals surface area contributed by atoms with Crippen LogP contribution in [0.1, 0.15) is 12.5 Å². The highest BCUT2D eigenvalue weighted by molar-refractivity contribution is 8.00. The van der Waals surface area contributed by atoms with Crippen molar-refractivity contribution in [1.29, 1.82) is 0 Å². The van der Waals surface area contributed by atoms with Crippen molar-refractivity contribution in [2.24, 2.45) is 5.73 Å². The molecular formula is C18H17N3O2S. The molecule has 0 spiro atoms. The summed E-state index contributed by atoms with van der Waals surface area (Å²) in [6, 6.07) is 14.8. The average Bonchev–Trinajstić information content (AvgIpc) is 2.56. The summed E-state index contributed by atoms with van der Waals surface area (Å²) in [5.41, 5.74) is 7.52. The minimum absolute atomic E-state index is 0.158. The van der Waals surface area contributed by atoms with E-state index in [4.69, 9.17) is 5.73 Å². The molecule has 1 heterocycles. The summed E-state index contributed by atoms with van der Waals surface area (Å²) in [6.07, 6.45) is 0. The van der Waals surface area contributed by atoms with E-state index in [0.717, 1.165) is 11.3 Å². The first-order chi connectivity index (χ1) is 11.5. The lowest BCUT2D eigenvalue weighted by Gasteiger charge is -2.16. The molecule has 0 bridgehead atoms. The van der Waals surface area contributed by atoms with E-state index < -0.39 is 11.2 Å². The Morgan fingerprint density at radius 2 is 1.83 bits per heavy atom. The Balaban J connectivity index is 2.32. The van der Waals surface area contributed by atoms with Gasteiger partial charge in [-0.1, -0.05) is 42.1 Å². The molecule has 2 N–H and O–H groups in total. The minimum Gasteiger partial charge on any atom is -0.369 e. The maximum absolute atomic E-state index is 13.0. The van der Waals surface area contributed by atoms with E-state index in [2.05, 4.69) is 4.98 Å². The fourth-order valence-electron chi connectivity index (χ4n) is 2.43. The molecule has 0 unspecified atom stereocenters. The van der Waals surface area contributed by atoms with E-state index in [1.807, 2.05) is 43.3 Å². The maximum Gasteiger partial charge on any atom is 0.266 e. The number of aromatic nitrogens is 2. The maximum atomic E-state index is 13.0. The summed E-state index contributed by atoms with van der Waals surface area (Å²) in [6.45, 7) is 3.64. The van der Waals surface area contributed by atoms with Crippen LogP contribution in [0.2, 0.25) is 0 Å². The van der Waals surface area contributed by atoms with Gasteiger partial charge in [-0.05, 0) is 37.6 Å². The number of para-hydroxylation sites is 2. The van der Waals surface area contributed by atoms with Gasteiger partial charge in [0.1, 0.15) is 0 Å². The molecule has 0 saturated carbocycles. The Kier molecular flexibility index (Phi) is 4.40. The zero-order chi connectivity index (χ0) is 17.3. The first-order valence-electron chi connectivity index (χ1n) is 7.53. The highest BCUT2D eigenvalue weighted by Crippen LogP contribution is 2.25. The van der Waals surface area contributed by atoms with Crippen LogP contribution in [0.15, 0.2) is 58.5 Å². The lowest BCUT2D eigenvalue weighted by molar-refractivity contribution is -0.117. The van der Waals surface area contributed by atoms with Crippen LogP contribution in [0, 0.1) is 6.92 Å². The molecule has 2 aromatic carbocycles. The van der Waals surface area contributed by atoms with Gasteiger partial charge in [0.25, 0.3) is 5.56 Å². The van der Waals surface area contributed by atoms with Crippen LogP contribution in [0.25, 0.3) is 16.6 Å². The van der Waals surface area contributed by atoms with Gasteiger partial charge in [-0.15, -0.1) is 0 Å². The summed E-state index contributed by atoms with van der Waals surface area (Å²) in [5, 5.41) is 0.504. The number of aryl methyl sites for hydroxylation is 1. The number of carbonyl (C=O) groups is 1. The first-order valence-corrected chi connectivity index (χ1v) is 8.41. The van der Waals surface area contributed by atoms with Gasteiger partial charge in [-0.3, -0.25) is 14.2 Å². The van der Waals surface area contributed by atoms with E-state index in [-0.39, 0.29) is 5.56 Å². The number of nitrogens with zero attached hydrogens (tertiary/aromatic N) is 2. The van der Waals surface area contributed by atoms with Crippen molar-refractivity contribution in [1.82, 2.24) is 9.55 Å². The zero-order valence-corrected chi connectivity index (χ0v) is 14.2. The van der Waals surface area contributed by atoms with Crippen LogP contribution < -0.4 is 11.3 Å². The number of hydrogen-bond donors (Lipinski definition) is 1. The smallest absolute Gasteiger partial charge is 0.266 e. The van der Waals surface area contributed by atoms with E-state index in [0.29, 0.717) is 16.1 Å². The van der Waals surface area contributed by atoms with Gasteiger partial charge in [-0.25, -0.2) is 4.98 Å². The van der Waals surface area contributed by atoms with Gasteiger partial charge in [0.2, 0.25) is 5.91 Å². The number of carbonyl (C=O) groups excluding carboxylic acids is 1. The van der Waals surface area contributed by atoms with Crippen LogP contribution in [-0.4, -0.2) is 20.7 Å². The zero-order valence-electron chi connectivity index (χ0n) is 13.4. The molecule has 24 heavy (non-hydrogen) atoms. The van der Waals surface area contributed by atoms with E-state index >= 15 is 0 Å². The number of fused-ring (bicyclic) bond motifs is 1. The fourth-order valence-corrected chi connectivity index (χ4v) is 3.30. The van der Waals surface area contributed by atoms with E-state index in [1.165, 1.54) is 11.8 Å². The predicted octanol–water partition coefficient (Wildman–Crippen LogP) is 2.66. The molecular weight excluding hydrogens is 322 g/mol. The molecule has 3 aromatic rings. The molecule has 1 amide bonds. The van der Waals surface area contributed by atoms with Crippen LogP contribution in [0.5, 0.6) is 0 Å². The summed E-state index contributed by atoms with van der Waals surface area (Å²) in [4.78, 5) is 29.1. The number of rotatable bonds is 4. The van der Waals surface area contributed by atoms with Crippen molar-refractivity contribution in [3.8, 4) is 5.69 Å². The van der Waals surface area contributed by atoms with Crippen molar-refractivity contribution < 1.29 is 4.79 Å². The number of hydrogen-bond acceptors (Lipinski definition) is 4. The Labute approximate surface area is 143 Å². The summed E-state index contributed by atoms with van der Waals surface area (Å²) >= 11 is 1.19. The number of nitrogens with two attached hydrogens (primary N) is 1. The van der Waals surface area contributed by atoms with Gasteiger partial charge >= 0.3 is 0 Å². The Morgan fingerprint density at radius 1 is 1.17 bits per heavy atom. The highest BCUT2D eigenvalue weighted by Gasteiger charge is 2.19. The SMILES string of the molecule is Cc1ccccc1-n1c(S[C@@H](C)C(N)=O)nc2ccccc2c1=O. The third kappa shape index (κ3) is 2.92. The van der Waals surface area contributed by atoms with Gasteiger partial charge in [-0.2, -0.15) is 0 Å². The molecule has 1 aromatic heterocycles. The molecule has 3 rings (SSSR count). The summed E-state index contributed by atoms with van der Waals surface area (Å²) < 4.78 is 1.56. The van der Waals surface area contributed by atoms with Crippen molar-refractivity contribution in [3.05, 3.63) is 64.4 Å². The predicted molar refractivity (Wildman–Crippen MR) is 96.6 cm³/mol. The monoisotopic (exact) mass is 339 g/mol. The minimum atomic E-state index is -0.492. The van der Waals surface area contributed by atoms with Crippen molar-refractivity contribution in [2.75, 3.05) is 0 Å². The molecule has 1 atom stereocenters. The molecule has 0 aliphatic carbocycles. The molecule has 0 saturated heterocycles. The number of primary amides is 1. The molecule has 0 aliphatic heterocycles. The van der Waals surface area contributed by atoms with Crippen LogP contribution >= 0.6 is 11.8 Å². The van der Waals surface area contributed by atoms with Gasteiger partial charge < -0.3 is 5.73 Å². The van der Waals surface area contributed by atoms with Crippen molar-refractivity contribution >= 4 is 28.6 Å². The van der Waals surface area contributed by atoms with E-state index in [9.17, 15) is 9.59 Å². The topological polar surface area (TPSA) is 78.0 Å². The van der Waals surface area contributed by atoms with Gasteiger partial charge in [0, 0.05) is 0 Å². The van der Waals surface area contributed by atoms with Gasteiger partial charge in [0.15, 0.2) is 5.16 Å². The number of benzene rings is 2. The summed E-state index contributed by atoms with van der Waals surface area (Å²) in [5.74, 6) is -0.446. The molecule has 0 aliphatic rings. The van der Waals surface area contributed by atoms with Gasteiger partial charge in [0.05, 0.1) is 21.8 Å². The van der Waals surface area contributed by atoms with Crippen LogP contribution in [0.3, 0.4) is 0 Å². The Morgan fingerprint density at radius 3 is 2.54 bits per heavy atom. The molecule has 6 heteroatoms. The van der Waals surface area contributed by atoms with Crippen molar-refractivity contribution in [3.63, 3.8) is 0 Å². The highest BCUT2D eigenvalue weighted by atomic mass is 32.2. The molecule has 0 radical (unpaired) electrons. The number of thioether (sulfide) groups is 1. The second kappa shape index (κ2) is 6.49.